The van der Waals surface area contributed by atoms with E-state index in [2.05, 4.69) is 0 Å². The first-order valence-electron chi connectivity index (χ1n) is 4.22. The van der Waals surface area contributed by atoms with Crippen LogP contribution in [0.1, 0.15) is 13.8 Å². The monoisotopic (exact) mass is 224 g/mol. The van der Waals surface area contributed by atoms with Crippen LogP contribution in [-0.4, -0.2) is 39.3 Å². The van der Waals surface area contributed by atoms with Crippen LogP contribution in [0.3, 0.4) is 0 Å². The maximum absolute atomic E-state index is 11.2. The fourth-order valence-electron chi connectivity index (χ4n) is 0.554. The number of carbonyl (C=O) groups is 1. The van der Waals surface area contributed by atoms with E-state index in [1.54, 1.807) is 0 Å². The summed E-state index contributed by atoms with van der Waals surface area (Å²) in [6.07, 6.45) is 0. The molecule has 0 aliphatic rings. The van der Waals surface area contributed by atoms with Crippen LogP contribution in [0.15, 0.2) is 0 Å². The molecule has 0 radical (unpaired) electrons. The molecule has 3 N–H and O–H groups in total. The molecule has 84 valence electrons. The second-order valence-corrected chi connectivity index (χ2v) is 5.20. The molecule has 0 aromatic carbocycles. The second-order valence-electron chi connectivity index (χ2n) is 2.96. The van der Waals surface area contributed by atoms with Crippen molar-refractivity contribution >= 4 is 15.9 Å². The van der Waals surface area contributed by atoms with Gasteiger partial charge >= 0.3 is 0 Å². The summed E-state index contributed by atoms with van der Waals surface area (Å²) in [5.41, 5.74) is 5.12. The molecule has 0 bridgehead atoms. The highest BCUT2D eigenvalue weighted by molar-refractivity contribution is 7.90. The van der Waals surface area contributed by atoms with E-state index in [1.807, 2.05) is 4.72 Å². The highest BCUT2D eigenvalue weighted by Gasteiger charge is 2.18. The van der Waals surface area contributed by atoms with Crippen LogP contribution in [0.2, 0.25) is 0 Å². The molecule has 1 amide bonds. The molecule has 0 aliphatic carbocycles. The van der Waals surface area contributed by atoms with Crippen molar-refractivity contribution in [3.63, 3.8) is 0 Å². The first kappa shape index (κ1) is 13.3. The quantitative estimate of drug-likeness (QED) is 0.553. The molecule has 6 nitrogen and oxygen atoms in total. The van der Waals surface area contributed by atoms with Gasteiger partial charge < -0.3 is 10.5 Å². The highest BCUT2D eigenvalue weighted by Crippen LogP contribution is 1.95. The van der Waals surface area contributed by atoms with Gasteiger partial charge in [-0.25, -0.2) is 8.42 Å². The molecule has 0 atom stereocenters. The van der Waals surface area contributed by atoms with Crippen molar-refractivity contribution in [2.24, 2.45) is 5.73 Å². The van der Waals surface area contributed by atoms with Gasteiger partial charge in [0.15, 0.2) is 0 Å². The number of sulfonamides is 1. The lowest BCUT2D eigenvalue weighted by molar-refractivity contribution is -0.123. The van der Waals surface area contributed by atoms with Gasteiger partial charge in [0.2, 0.25) is 10.0 Å². The summed E-state index contributed by atoms with van der Waals surface area (Å²) in [6.45, 7) is 3.20. The number of amides is 1. The average Bonchev–Trinajstić information content (AvgIpc) is 2.03. The number of rotatable bonds is 6. The predicted molar refractivity (Wildman–Crippen MR) is 52.1 cm³/mol. The Labute approximate surface area is 83.9 Å². The summed E-state index contributed by atoms with van der Waals surface area (Å²) in [5.74, 6) is -0.674. The molecular formula is C7H16N2O4S. The van der Waals surface area contributed by atoms with Crippen molar-refractivity contribution in [3.05, 3.63) is 0 Å². The van der Waals surface area contributed by atoms with Crippen LogP contribution in [0.4, 0.5) is 0 Å². The molecule has 0 aromatic rings. The Kier molecular flexibility index (Phi) is 5.66. The third kappa shape index (κ3) is 5.15. The highest BCUT2D eigenvalue weighted by atomic mass is 32.2. The second kappa shape index (κ2) is 5.94. The number of hydrogen-bond acceptors (Lipinski definition) is 5. The number of hydrogen-bond donors (Lipinski definition) is 2. The van der Waals surface area contributed by atoms with Crippen LogP contribution in [-0.2, 0) is 19.6 Å². The van der Waals surface area contributed by atoms with Crippen LogP contribution in [0.5, 0.6) is 0 Å². The summed E-state index contributed by atoms with van der Waals surface area (Å²) in [6, 6.07) is 0. The van der Waals surface area contributed by atoms with Crippen molar-refractivity contribution in [1.82, 2.24) is 4.72 Å². The Bertz CT molecular complexity index is 273. The van der Waals surface area contributed by atoms with Gasteiger partial charge in [0.1, 0.15) is 6.61 Å². The zero-order valence-corrected chi connectivity index (χ0v) is 9.13. The predicted octanol–water partition coefficient (Wildman–Crippen LogP) is -1.18. The summed E-state index contributed by atoms with van der Waals surface area (Å²) >= 11 is 0. The lowest BCUT2D eigenvalue weighted by atomic mass is 10.6. The van der Waals surface area contributed by atoms with Gasteiger partial charge in [-0.05, 0) is 13.8 Å². The van der Waals surface area contributed by atoms with Crippen LogP contribution in [0.25, 0.3) is 0 Å². The van der Waals surface area contributed by atoms with Gasteiger partial charge in [0.25, 0.3) is 5.91 Å². The fourth-order valence-corrected chi connectivity index (χ4v) is 1.17. The maximum Gasteiger partial charge on any atom is 0.259 e. The minimum Gasteiger partial charge on any atom is -0.370 e. The molecule has 0 aromatic heterocycles. The van der Waals surface area contributed by atoms with Crippen LogP contribution >= 0.6 is 0 Å². The number of carbonyl (C=O) groups excluding carboxylic acids is 1. The summed E-state index contributed by atoms with van der Waals surface area (Å²) in [4.78, 5) is 11.0. The molecular weight excluding hydrogens is 208 g/mol. The topological polar surface area (TPSA) is 98.5 Å². The molecule has 0 heterocycles. The molecule has 14 heavy (non-hydrogen) atoms. The third-order valence-corrected chi connectivity index (χ3v) is 3.13. The van der Waals surface area contributed by atoms with Gasteiger partial charge in [-0.2, -0.15) is 0 Å². The molecule has 0 saturated carbocycles. The average molecular weight is 224 g/mol. The number of nitrogens with two attached hydrogens (primary N) is 1. The van der Waals surface area contributed by atoms with Crippen LogP contribution in [0, 0.1) is 0 Å². The van der Waals surface area contributed by atoms with Crippen molar-refractivity contribution in [1.29, 1.82) is 0 Å². The van der Waals surface area contributed by atoms with Crippen molar-refractivity contribution in [2.45, 2.75) is 19.1 Å². The van der Waals surface area contributed by atoms with E-state index in [0.717, 1.165) is 0 Å². The minimum absolute atomic E-state index is 0.231. The largest absolute Gasteiger partial charge is 0.370 e. The SMILES string of the molecule is CC(C)S(=O)(=O)NC(=O)COCCN. The van der Waals surface area contributed by atoms with E-state index in [1.165, 1.54) is 13.8 Å². The number of ether oxygens (including phenoxy) is 1. The fraction of sp³-hybridized carbons (Fsp3) is 0.857. The first-order valence-corrected chi connectivity index (χ1v) is 5.77. The van der Waals surface area contributed by atoms with E-state index < -0.39 is 21.2 Å². The molecule has 0 saturated heterocycles. The van der Waals surface area contributed by atoms with Crippen molar-refractivity contribution < 1.29 is 17.9 Å². The Morgan fingerprint density at radius 3 is 2.50 bits per heavy atom. The van der Waals surface area contributed by atoms with Crippen LogP contribution < -0.4 is 10.5 Å². The number of nitrogens with one attached hydrogen (secondary N) is 1. The van der Waals surface area contributed by atoms with Gasteiger partial charge in [0.05, 0.1) is 11.9 Å². The molecule has 7 heteroatoms. The summed E-state index contributed by atoms with van der Waals surface area (Å²) < 4.78 is 29.0. The third-order valence-electron chi connectivity index (χ3n) is 1.37. The van der Waals surface area contributed by atoms with E-state index in [9.17, 15) is 13.2 Å². The lowest BCUT2D eigenvalue weighted by Gasteiger charge is -2.09. The normalized spacial score (nSPS) is 11.7. The molecule has 0 spiro atoms. The Morgan fingerprint density at radius 1 is 1.50 bits per heavy atom. The Balaban J connectivity index is 3.95. The molecule has 0 aliphatic heterocycles. The first-order chi connectivity index (χ1) is 6.40. The van der Waals surface area contributed by atoms with Gasteiger partial charge in [-0.1, -0.05) is 0 Å². The summed E-state index contributed by atoms with van der Waals surface area (Å²) in [7, 11) is -3.55. The molecule has 0 fully saturated rings. The smallest absolute Gasteiger partial charge is 0.259 e. The van der Waals surface area contributed by atoms with Crippen molar-refractivity contribution in [2.75, 3.05) is 19.8 Å². The zero-order chi connectivity index (χ0) is 11.2. The van der Waals surface area contributed by atoms with E-state index in [4.69, 9.17) is 10.5 Å². The Morgan fingerprint density at radius 2 is 2.07 bits per heavy atom. The van der Waals surface area contributed by atoms with Gasteiger partial charge in [-0.15, -0.1) is 0 Å². The van der Waals surface area contributed by atoms with Gasteiger partial charge in [-0.3, -0.25) is 9.52 Å². The minimum atomic E-state index is -3.55. The van der Waals surface area contributed by atoms with E-state index >= 15 is 0 Å². The maximum atomic E-state index is 11.2. The van der Waals surface area contributed by atoms with E-state index in [-0.39, 0.29) is 13.2 Å². The zero-order valence-electron chi connectivity index (χ0n) is 8.32. The van der Waals surface area contributed by atoms with E-state index in [0.29, 0.717) is 6.54 Å². The summed E-state index contributed by atoms with van der Waals surface area (Å²) in [5, 5.41) is -0.638. The Hall–Kier alpha value is -0.660. The van der Waals surface area contributed by atoms with Crippen molar-refractivity contribution in [3.8, 4) is 0 Å². The molecule has 0 rings (SSSR count). The molecule has 0 unspecified atom stereocenters. The lowest BCUT2D eigenvalue weighted by Crippen LogP contribution is -2.38. The van der Waals surface area contributed by atoms with Gasteiger partial charge in [0, 0.05) is 6.54 Å². The standard InChI is InChI=1S/C7H16N2O4S/c1-6(2)14(11,12)9-7(10)5-13-4-3-8/h6H,3-5,8H2,1-2H3,(H,9,10).